The summed E-state index contributed by atoms with van der Waals surface area (Å²) in [6.07, 6.45) is 6.64. The summed E-state index contributed by atoms with van der Waals surface area (Å²) in [7, 11) is 0. The van der Waals surface area contributed by atoms with Gasteiger partial charge < -0.3 is 15.0 Å². The summed E-state index contributed by atoms with van der Waals surface area (Å²) in [5.41, 5.74) is 2.75. The van der Waals surface area contributed by atoms with Crippen LogP contribution < -0.4 is 10.1 Å². The van der Waals surface area contributed by atoms with Gasteiger partial charge in [-0.05, 0) is 50.0 Å². The third kappa shape index (κ3) is 3.98. The molecule has 2 heterocycles. The second-order valence-corrected chi connectivity index (χ2v) is 6.40. The van der Waals surface area contributed by atoms with Crippen molar-refractivity contribution in [1.29, 1.82) is 0 Å². The zero-order chi connectivity index (χ0) is 14.5. The van der Waals surface area contributed by atoms with Crippen molar-refractivity contribution >= 4 is 0 Å². The van der Waals surface area contributed by atoms with Crippen molar-refractivity contribution in [3.8, 4) is 5.75 Å². The number of rotatable bonds is 5. The van der Waals surface area contributed by atoms with Crippen LogP contribution in [0.5, 0.6) is 5.75 Å². The Morgan fingerprint density at radius 1 is 1.19 bits per heavy atom. The zero-order valence-electron chi connectivity index (χ0n) is 13.2. The molecule has 1 N–H and O–H groups in total. The van der Waals surface area contributed by atoms with Crippen LogP contribution in [0.25, 0.3) is 0 Å². The smallest absolute Gasteiger partial charge is 0.122 e. The Bertz CT molecular complexity index is 453. The molecule has 1 fully saturated rings. The molecule has 0 spiro atoms. The van der Waals surface area contributed by atoms with Gasteiger partial charge in [0.15, 0.2) is 0 Å². The van der Waals surface area contributed by atoms with Crippen molar-refractivity contribution in [2.24, 2.45) is 0 Å². The van der Waals surface area contributed by atoms with Gasteiger partial charge in [-0.2, -0.15) is 0 Å². The van der Waals surface area contributed by atoms with Crippen molar-refractivity contribution in [1.82, 2.24) is 10.2 Å². The number of benzene rings is 1. The molecule has 0 aliphatic carbocycles. The molecule has 0 bridgehead atoms. The molecule has 0 aromatic heterocycles. The summed E-state index contributed by atoms with van der Waals surface area (Å²) in [5.74, 6) is 1.08. The average Bonchev–Trinajstić information content (AvgIpc) is 2.82. The molecule has 1 atom stereocenters. The first kappa shape index (κ1) is 14.9. The van der Waals surface area contributed by atoms with E-state index < -0.39 is 0 Å². The third-order valence-corrected chi connectivity index (χ3v) is 4.79. The van der Waals surface area contributed by atoms with Gasteiger partial charge in [0.1, 0.15) is 5.75 Å². The lowest BCUT2D eigenvalue weighted by Crippen LogP contribution is -2.33. The average molecular weight is 288 g/mol. The van der Waals surface area contributed by atoms with Crippen LogP contribution in [0.15, 0.2) is 18.2 Å². The van der Waals surface area contributed by atoms with E-state index in [1.165, 1.54) is 56.4 Å². The zero-order valence-corrected chi connectivity index (χ0v) is 13.2. The monoisotopic (exact) mass is 288 g/mol. The first-order valence-electron chi connectivity index (χ1n) is 8.54. The van der Waals surface area contributed by atoms with Gasteiger partial charge in [0.05, 0.1) is 6.61 Å². The Morgan fingerprint density at radius 2 is 2.00 bits per heavy atom. The molecule has 3 nitrogen and oxygen atoms in total. The molecule has 21 heavy (non-hydrogen) atoms. The highest BCUT2D eigenvalue weighted by atomic mass is 16.5. The standard InChI is InChI=1S/C18H28N2O/c1-15(16-6-7-18-17(14-16)8-13-21-18)19-9-12-20-10-4-2-3-5-11-20/h6-7,14-15,19H,2-5,8-13H2,1H3. The van der Waals surface area contributed by atoms with E-state index in [1.807, 2.05) is 0 Å². The molecule has 0 saturated carbocycles. The molecule has 3 heteroatoms. The molecular formula is C18H28N2O. The van der Waals surface area contributed by atoms with Crippen molar-refractivity contribution < 1.29 is 4.74 Å². The van der Waals surface area contributed by atoms with E-state index in [1.54, 1.807) is 0 Å². The van der Waals surface area contributed by atoms with Gasteiger partial charge in [0.25, 0.3) is 0 Å². The van der Waals surface area contributed by atoms with Crippen LogP contribution in [0.4, 0.5) is 0 Å². The predicted octanol–water partition coefficient (Wildman–Crippen LogP) is 3.15. The quantitative estimate of drug-likeness (QED) is 0.901. The Balaban J connectivity index is 1.46. The van der Waals surface area contributed by atoms with Gasteiger partial charge in [-0.25, -0.2) is 0 Å². The maximum Gasteiger partial charge on any atom is 0.122 e. The van der Waals surface area contributed by atoms with Crippen LogP contribution in [0.1, 0.15) is 49.8 Å². The Labute approximate surface area is 128 Å². The highest BCUT2D eigenvalue weighted by Crippen LogP contribution is 2.28. The van der Waals surface area contributed by atoms with Gasteiger partial charge in [-0.15, -0.1) is 0 Å². The van der Waals surface area contributed by atoms with Crippen molar-refractivity contribution in [3.05, 3.63) is 29.3 Å². The molecule has 0 amide bonds. The molecule has 1 aromatic carbocycles. The summed E-state index contributed by atoms with van der Waals surface area (Å²) < 4.78 is 5.58. The van der Waals surface area contributed by atoms with Crippen LogP contribution in [0, 0.1) is 0 Å². The fourth-order valence-corrected chi connectivity index (χ4v) is 3.39. The molecule has 116 valence electrons. The summed E-state index contributed by atoms with van der Waals surface area (Å²) in [6, 6.07) is 7.06. The SMILES string of the molecule is CC(NCCN1CCCCCC1)c1ccc2c(c1)CCO2. The van der Waals surface area contributed by atoms with Crippen LogP contribution in [0.2, 0.25) is 0 Å². The second-order valence-electron chi connectivity index (χ2n) is 6.40. The Hall–Kier alpha value is -1.06. The van der Waals surface area contributed by atoms with Crippen molar-refractivity contribution in [2.75, 3.05) is 32.8 Å². The van der Waals surface area contributed by atoms with E-state index in [0.29, 0.717) is 6.04 Å². The topological polar surface area (TPSA) is 24.5 Å². The lowest BCUT2D eigenvalue weighted by Gasteiger charge is -2.22. The van der Waals surface area contributed by atoms with Crippen LogP contribution >= 0.6 is 0 Å². The normalized spacial score (nSPS) is 20.6. The molecule has 3 rings (SSSR count). The summed E-state index contributed by atoms with van der Waals surface area (Å²) in [5, 5.41) is 3.68. The van der Waals surface area contributed by atoms with E-state index in [-0.39, 0.29) is 0 Å². The Morgan fingerprint density at radius 3 is 2.81 bits per heavy atom. The van der Waals surface area contributed by atoms with Crippen LogP contribution in [-0.4, -0.2) is 37.7 Å². The lowest BCUT2D eigenvalue weighted by molar-refractivity contribution is 0.280. The first-order valence-corrected chi connectivity index (χ1v) is 8.54. The van der Waals surface area contributed by atoms with Crippen molar-refractivity contribution in [2.45, 2.75) is 45.1 Å². The maximum absolute atomic E-state index is 5.58. The van der Waals surface area contributed by atoms with E-state index in [2.05, 4.69) is 35.3 Å². The van der Waals surface area contributed by atoms with Gasteiger partial charge in [0, 0.05) is 25.6 Å². The number of hydrogen-bond donors (Lipinski definition) is 1. The molecule has 1 saturated heterocycles. The molecule has 1 aromatic rings. The number of nitrogens with one attached hydrogen (secondary N) is 1. The molecule has 0 radical (unpaired) electrons. The molecule has 1 unspecified atom stereocenters. The van der Waals surface area contributed by atoms with Gasteiger partial charge in [0.2, 0.25) is 0 Å². The highest BCUT2D eigenvalue weighted by molar-refractivity contribution is 5.40. The van der Waals surface area contributed by atoms with Gasteiger partial charge >= 0.3 is 0 Å². The van der Waals surface area contributed by atoms with Crippen LogP contribution in [0.3, 0.4) is 0 Å². The summed E-state index contributed by atoms with van der Waals surface area (Å²) in [4.78, 5) is 2.61. The minimum atomic E-state index is 0.419. The lowest BCUT2D eigenvalue weighted by atomic mass is 10.0. The number of ether oxygens (including phenoxy) is 1. The maximum atomic E-state index is 5.58. The first-order chi connectivity index (χ1) is 10.3. The van der Waals surface area contributed by atoms with E-state index in [9.17, 15) is 0 Å². The number of likely N-dealkylation sites (tertiary alicyclic amines) is 1. The number of fused-ring (bicyclic) bond motifs is 1. The van der Waals surface area contributed by atoms with E-state index in [4.69, 9.17) is 4.74 Å². The minimum Gasteiger partial charge on any atom is -0.493 e. The number of nitrogens with zero attached hydrogens (tertiary/aromatic N) is 1. The minimum absolute atomic E-state index is 0.419. The highest BCUT2D eigenvalue weighted by Gasteiger charge is 2.14. The predicted molar refractivity (Wildman–Crippen MR) is 87.0 cm³/mol. The third-order valence-electron chi connectivity index (χ3n) is 4.79. The molecular weight excluding hydrogens is 260 g/mol. The molecule has 2 aliphatic rings. The fraction of sp³-hybridized carbons (Fsp3) is 0.667. The molecule has 2 aliphatic heterocycles. The van der Waals surface area contributed by atoms with Crippen LogP contribution in [-0.2, 0) is 6.42 Å². The fourth-order valence-electron chi connectivity index (χ4n) is 3.39. The summed E-state index contributed by atoms with van der Waals surface area (Å²) in [6.45, 7) is 7.93. The van der Waals surface area contributed by atoms with Gasteiger partial charge in [-0.3, -0.25) is 0 Å². The van der Waals surface area contributed by atoms with Crippen molar-refractivity contribution in [3.63, 3.8) is 0 Å². The Kier molecular flexibility index (Phi) is 5.15. The number of hydrogen-bond acceptors (Lipinski definition) is 3. The summed E-state index contributed by atoms with van der Waals surface area (Å²) >= 11 is 0. The largest absolute Gasteiger partial charge is 0.493 e. The van der Waals surface area contributed by atoms with E-state index >= 15 is 0 Å². The second kappa shape index (κ2) is 7.28. The van der Waals surface area contributed by atoms with Gasteiger partial charge in [-0.1, -0.05) is 25.0 Å². The van der Waals surface area contributed by atoms with E-state index in [0.717, 1.165) is 25.3 Å².